The zero-order valence-electron chi connectivity index (χ0n) is 30.8. The average molecular weight is 806 g/mol. The van der Waals surface area contributed by atoms with Crippen LogP contribution in [0, 0.1) is 23.1 Å². The number of halogens is 4. The van der Waals surface area contributed by atoms with E-state index in [2.05, 4.69) is 20.1 Å². The molecule has 4 aliphatic rings. The molecule has 2 aromatic carbocycles. The normalized spacial score (nSPS) is 20.1. The fourth-order valence-electron chi connectivity index (χ4n) is 7.91. The molecular formula is C40H39F4N7O5S. The first-order chi connectivity index (χ1) is 27.3. The van der Waals surface area contributed by atoms with Crippen LogP contribution in [0.2, 0.25) is 0 Å². The molecule has 1 aromatic heterocycles. The third-order valence-electron chi connectivity index (χ3n) is 11.1. The van der Waals surface area contributed by atoms with Gasteiger partial charge in [0.05, 0.1) is 24.0 Å². The summed E-state index contributed by atoms with van der Waals surface area (Å²) in [5.41, 5.74) is -1.45. The number of Topliss-reactive ketones (excluding diaryl/α,β-unsaturated/α-hetero) is 1. The molecule has 0 bridgehead atoms. The lowest BCUT2D eigenvalue weighted by molar-refractivity contribution is -0.138. The lowest BCUT2D eigenvalue weighted by atomic mass is 9.75. The van der Waals surface area contributed by atoms with Crippen molar-refractivity contribution in [2.45, 2.75) is 56.7 Å². The first kappa shape index (κ1) is 39.9. The number of nitrogens with zero attached hydrogens (tertiary/aromatic N) is 6. The van der Waals surface area contributed by atoms with E-state index in [4.69, 9.17) is 22.2 Å². The third-order valence-corrected chi connectivity index (χ3v) is 11.4. The van der Waals surface area contributed by atoms with Crippen LogP contribution in [-0.4, -0.2) is 94.8 Å². The number of nitrogens with one attached hydrogen (secondary N) is 1. The summed E-state index contributed by atoms with van der Waals surface area (Å²) in [4.78, 5) is 60.7. The van der Waals surface area contributed by atoms with E-state index in [9.17, 15) is 32.3 Å². The maximum atomic E-state index is 15.5. The number of carbonyl (C=O) groups excluding carboxylic acids is 4. The number of ether oxygens (including phenoxy) is 1. The number of hydrogen-bond acceptors (Lipinski definition) is 10. The van der Waals surface area contributed by atoms with E-state index in [1.165, 1.54) is 23.1 Å². The molecule has 4 heterocycles. The predicted molar refractivity (Wildman–Crippen MR) is 203 cm³/mol. The predicted octanol–water partition coefficient (Wildman–Crippen LogP) is 4.58. The Morgan fingerprint density at radius 2 is 1.75 bits per heavy atom. The van der Waals surface area contributed by atoms with E-state index < -0.39 is 34.7 Å². The minimum atomic E-state index is -4.89. The minimum absolute atomic E-state index is 0.00812. The van der Waals surface area contributed by atoms with Crippen molar-refractivity contribution in [1.29, 1.82) is 5.26 Å². The van der Waals surface area contributed by atoms with Gasteiger partial charge < -0.3 is 9.64 Å². The Hall–Kier alpha value is -5.31. The van der Waals surface area contributed by atoms with Crippen molar-refractivity contribution < 1.29 is 41.5 Å². The summed E-state index contributed by atoms with van der Waals surface area (Å²) in [7, 11) is 0. The fraction of sp³-hybridized carbons (Fsp3) is 0.425. The number of amides is 3. The van der Waals surface area contributed by atoms with Crippen LogP contribution < -0.4 is 19.9 Å². The lowest BCUT2D eigenvalue weighted by Crippen LogP contribution is -2.55. The molecule has 0 radical (unpaired) electrons. The van der Waals surface area contributed by atoms with Crippen molar-refractivity contribution >= 4 is 52.2 Å². The Labute approximate surface area is 331 Å². The van der Waals surface area contributed by atoms with Gasteiger partial charge in [-0.3, -0.25) is 39.2 Å². The Kier molecular flexibility index (Phi) is 11.4. The first-order valence-electron chi connectivity index (χ1n) is 18.7. The number of anilines is 2. The Balaban J connectivity index is 0.894. The summed E-state index contributed by atoms with van der Waals surface area (Å²) in [5, 5.41) is 11.4. The van der Waals surface area contributed by atoms with Gasteiger partial charge in [0.1, 0.15) is 18.2 Å². The van der Waals surface area contributed by atoms with Gasteiger partial charge >= 0.3 is 6.18 Å². The number of carbonyl (C=O) groups is 4. The summed E-state index contributed by atoms with van der Waals surface area (Å²) < 4.78 is 62.4. The SMILES string of the molecule is N#Cc1ncc(N2C(=O)C3(CCC3)N(c3ccc(OCCN4CCN(CC(=O)Cc5cccc(CC6CCC(=O)NC6=O)c5)CC4)c(F)c3)C2=S)cc1C(F)(F)F. The lowest BCUT2D eigenvalue weighted by Gasteiger charge is -2.43. The number of rotatable bonds is 12. The van der Waals surface area contributed by atoms with E-state index in [1.54, 1.807) is 6.07 Å². The van der Waals surface area contributed by atoms with E-state index in [0.29, 0.717) is 83.9 Å². The molecule has 1 aliphatic carbocycles. The van der Waals surface area contributed by atoms with Crippen LogP contribution in [0.25, 0.3) is 0 Å². The molecule has 4 fully saturated rings. The molecule has 12 nitrogen and oxygen atoms in total. The van der Waals surface area contributed by atoms with Crippen LogP contribution in [-0.2, 0) is 38.2 Å². The molecule has 1 atom stereocenters. The minimum Gasteiger partial charge on any atom is -0.489 e. The first-order valence-corrected chi connectivity index (χ1v) is 19.1. The van der Waals surface area contributed by atoms with Crippen molar-refractivity contribution in [3.05, 3.63) is 82.9 Å². The number of piperazine rings is 1. The van der Waals surface area contributed by atoms with Crippen molar-refractivity contribution in [3.63, 3.8) is 0 Å². The number of hydrogen-bond donors (Lipinski definition) is 1. The van der Waals surface area contributed by atoms with Gasteiger partial charge in [0, 0.05) is 63.2 Å². The van der Waals surface area contributed by atoms with Gasteiger partial charge in [-0.25, -0.2) is 9.37 Å². The molecule has 1 N–H and O–H groups in total. The van der Waals surface area contributed by atoms with E-state index in [-0.39, 0.29) is 58.8 Å². The molecule has 3 aliphatic heterocycles. The largest absolute Gasteiger partial charge is 0.489 e. The second-order valence-electron chi connectivity index (χ2n) is 14.8. The third kappa shape index (κ3) is 8.39. The van der Waals surface area contributed by atoms with Gasteiger partial charge in [0.2, 0.25) is 11.8 Å². The molecule has 3 amide bonds. The Morgan fingerprint density at radius 3 is 2.42 bits per heavy atom. The van der Waals surface area contributed by atoms with Gasteiger partial charge in [0.15, 0.2) is 28.2 Å². The van der Waals surface area contributed by atoms with Crippen LogP contribution >= 0.6 is 12.2 Å². The standard InChI is InChI=1S/C40H39F4N7O5S/c41-32-21-28(51-38(57)50(37(55)39(51)9-2-10-39)29-20-31(40(42,43)44)33(22-45)46-23-29)6-7-34(32)56-16-15-48-11-13-49(14-12-48)24-30(52)19-26-4-1-3-25(17-26)18-27-5-8-35(53)47-36(27)54/h1,3-4,6-7,17,20-21,23,27H,2,5,8-16,18-19,24H2,(H,47,53,54). The molecule has 1 spiro atoms. The van der Waals surface area contributed by atoms with Crippen LogP contribution in [0.15, 0.2) is 54.7 Å². The number of imide groups is 1. The number of thiocarbonyl (C=S) groups is 1. The average Bonchev–Trinajstić information content (AvgIpc) is 3.40. The fourth-order valence-corrected chi connectivity index (χ4v) is 8.38. The van der Waals surface area contributed by atoms with Crippen LogP contribution in [0.4, 0.5) is 28.9 Å². The summed E-state index contributed by atoms with van der Waals surface area (Å²) in [5.74, 6) is -1.92. The number of aromatic nitrogens is 1. The molecule has 1 saturated carbocycles. The second kappa shape index (κ2) is 16.3. The van der Waals surface area contributed by atoms with Crippen LogP contribution in [0.1, 0.15) is 54.5 Å². The van der Waals surface area contributed by atoms with Gasteiger partial charge in [-0.15, -0.1) is 0 Å². The molecule has 57 heavy (non-hydrogen) atoms. The number of alkyl halides is 3. The highest BCUT2D eigenvalue weighted by molar-refractivity contribution is 7.81. The van der Waals surface area contributed by atoms with Gasteiger partial charge in [-0.1, -0.05) is 24.3 Å². The second-order valence-corrected chi connectivity index (χ2v) is 15.2. The Morgan fingerprint density at radius 1 is 1.02 bits per heavy atom. The molecule has 1 unspecified atom stereocenters. The van der Waals surface area contributed by atoms with Crippen LogP contribution in [0.3, 0.4) is 0 Å². The van der Waals surface area contributed by atoms with Crippen LogP contribution in [0.5, 0.6) is 5.75 Å². The van der Waals surface area contributed by atoms with Crippen molar-refractivity contribution in [3.8, 4) is 11.8 Å². The molecule has 3 saturated heterocycles. The Bertz CT molecular complexity index is 2150. The number of nitriles is 1. The number of piperidine rings is 1. The zero-order chi connectivity index (χ0) is 40.5. The maximum absolute atomic E-state index is 15.5. The molecule has 17 heteroatoms. The summed E-state index contributed by atoms with van der Waals surface area (Å²) in [6.07, 6.45) is -0.867. The van der Waals surface area contributed by atoms with E-state index >= 15 is 4.39 Å². The molecular weight excluding hydrogens is 767 g/mol. The van der Waals surface area contributed by atoms with Gasteiger partial charge in [0.25, 0.3) is 5.91 Å². The highest BCUT2D eigenvalue weighted by Gasteiger charge is 2.60. The zero-order valence-corrected chi connectivity index (χ0v) is 31.6. The smallest absolute Gasteiger partial charge is 0.419 e. The van der Waals surface area contributed by atoms with Gasteiger partial charge in [-0.2, -0.15) is 18.4 Å². The topological polar surface area (TPSA) is 139 Å². The number of ketones is 1. The highest BCUT2D eigenvalue weighted by Crippen LogP contribution is 2.48. The molecule has 7 rings (SSSR count). The maximum Gasteiger partial charge on any atom is 0.419 e. The summed E-state index contributed by atoms with van der Waals surface area (Å²) in [6, 6.07) is 14.0. The molecule has 3 aromatic rings. The van der Waals surface area contributed by atoms with Crippen molar-refractivity contribution in [2.24, 2.45) is 5.92 Å². The van der Waals surface area contributed by atoms with Crippen molar-refractivity contribution in [2.75, 3.05) is 55.7 Å². The van der Waals surface area contributed by atoms with E-state index in [1.807, 2.05) is 24.3 Å². The van der Waals surface area contributed by atoms with Gasteiger partial charge in [-0.05, 0) is 73.6 Å². The monoisotopic (exact) mass is 805 g/mol. The summed E-state index contributed by atoms with van der Waals surface area (Å²) >= 11 is 5.62. The quantitative estimate of drug-likeness (QED) is 0.157. The molecule has 298 valence electrons. The number of benzene rings is 2. The highest BCUT2D eigenvalue weighted by atomic mass is 32.1. The number of pyridine rings is 1. The van der Waals surface area contributed by atoms with Crippen molar-refractivity contribution in [1.82, 2.24) is 20.1 Å². The van der Waals surface area contributed by atoms with E-state index in [0.717, 1.165) is 22.2 Å². The summed E-state index contributed by atoms with van der Waals surface area (Å²) in [6.45, 7) is 3.75.